The van der Waals surface area contributed by atoms with Crippen LogP contribution in [0.5, 0.6) is 0 Å². The fourth-order valence-electron chi connectivity index (χ4n) is 10.6. The van der Waals surface area contributed by atoms with E-state index in [2.05, 4.69) is 113 Å². The Bertz CT molecular complexity index is 3740. The highest BCUT2D eigenvalue weighted by atomic mass is 32.3. The van der Waals surface area contributed by atoms with Gasteiger partial charge in [-0.15, -0.1) is 0 Å². The van der Waals surface area contributed by atoms with Gasteiger partial charge in [-0.1, -0.05) is 126 Å². The maximum Gasteiger partial charge on any atom is 0.429 e. The van der Waals surface area contributed by atoms with Crippen LogP contribution >= 0.6 is 0 Å². The molecule has 4 aromatic carbocycles. The molecular formula is C64H81F6N4O9S3+. The number of alkyl halides is 6. The molecule has 4 aromatic rings. The van der Waals surface area contributed by atoms with Gasteiger partial charge < -0.3 is 14.1 Å². The van der Waals surface area contributed by atoms with Gasteiger partial charge in [0.15, 0.2) is 6.04 Å². The lowest BCUT2D eigenvalue weighted by Crippen LogP contribution is -2.65. The molecule has 6 rings (SSSR count). The molecule has 1 aliphatic heterocycles. The molecule has 0 amide bonds. The van der Waals surface area contributed by atoms with Crippen molar-refractivity contribution in [2.75, 3.05) is 24.6 Å². The molecule has 22 heteroatoms. The van der Waals surface area contributed by atoms with E-state index in [1.54, 1.807) is 24.3 Å². The Labute approximate surface area is 503 Å². The van der Waals surface area contributed by atoms with E-state index in [4.69, 9.17) is 4.42 Å². The number of para-hydroxylation sites is 2. The number of aryl methyl sites for hydroxylation is 4. The number of sulfonamides is 3. The summed E-state index contributed by atoms with van der Waals surface area (Å²) >= 11 is 0. The fraction of sp³-hybridized carbons (Fsp3) is 0.469. The van der Waals surface area contributed by atoms with Crippen LogP contribution in [0, 0.1) is 0 Å². The Hall–Kier alpha value is -6.07. The van der Waals surface area contributed by atoms with Crippen molar-refractivity contribution in [3.63, 3.8) is 0 Å². The third-order valence-electron chi connectivity index (χ3n) is 15.0. The average Bonchev–Trinajstić information content (AvgIpc) is 0.763. The lowest BCUT2D eigenvalue weighted by Gasteiger charge is -2.34. The summed E-state index contributed by atoms with van der Waals surface area (Å²) < 4.78 is 192. The molecule has 13 nitrogen and oxygen atoms in total. The first kappa shape index (κ1) is 69.0. The van der Waals surface area contributed by atoms with Crippen LogP contribution in [0.25, 0.3) is 33.4 Å². The van der Waals surface area contributed by atoms with Crippen LogP contribution in [0.4, 0.5) is 43.4 Å². The second-order valence-electron chi connectivity index (χ2n) is 22.1. The SMILES string of the molecule is C=C(C)C(=O)OCCN(CC)S(=O)(=O)C(F)(F)C(F)(F)C(F)(F)S(=O)(=O)NS(=O)(=O)c1ccccc1-c1c2cc/c(=[N+](\c3c(CCCC)cccc3CCCC)C(C)C)cc-2oc2cc(N(c3c(CCCC)cccc3CCCC)C(C)C)ccc12. The monoisotopic (exact) mass is 1260 g/mol. The van der Waals surface area contributed by atoms with Gasteiger partial charge in [-0.2, -0.15) is 35.2 Å². The zero-order valence-electron chi connectivity index (χ0n) is 50.7. The number of carbonyl (C=O) groups is 1. The molecule has 2 aliphatic rings. The summed E-state index contributed by atoms with van der Waals surface area (Å²) in [4.78, 5) is 13.0. The fourth-order valence-corrected chi connectivity index (χ4v) is 15.2. The highest BCUT2D eigenvalue weighted by Gasteiger charge is 2.83. The van der Waals surface area contributed by atoms with Crippen LogP contribution in [-0.4, -0.2) is 83.7 Å². The van der Waals surface area contributed by atoms with Crippen molar-refractivity contribution in [2.24, 2.45) is 0 Å². The molecular weight excluding hydrogens is 1180 g/mol. The van der Waals surface area contributed by atoms with Gasteiger partial charge in [-0.25, -0.2) is 30.0 Å². The van der Waals surface area contributed by atoms with E-state index in [1.165, 1.54) is 19.1 Å². The Morgan fingerprint density at radius 3 is 1.72 bits per heavy atom. The second-order valence-corrected chi connectivity index (χ2v) is 27.7. The molecule has 0 radical (unpaired) electrons. The molecule has 1 N–H and O–H groups in total. The molecule has 0 saturated carbocycles. The van der Waals surface area contributed by atoms with Crippen molar-refractivity contribution in [2.45, 2.75) is 180 Å². The smallest absolute Gasteiger partial charge is 0.429 e. The van der Waals surface area contributed by atoms with Gasteiger partial charge in [0, 0.05) is 81.4 Å². The Kier molecular flexibility index (Phi) is 22.8. The molecule has 0 spiro atoms. The normalized spacial score (nSPS) is 13.3. The van der Waals surface area contributed by atoms with Gasteiger partial charge in [0.05, 0.1) is 11.0 Å². The number of rotatable bonds is 31. The predicted octanol–water partition coefficient (Wildman–Crippen LogP) is 14.8. The van der Waals surface area contributed by atoms with Crippen LogP contribution in [0.1, 0.15) is 143 Å². The molecule has 0 aromatic heterocycles. The number of ether oxygens (including phenoxy) is 1. The summed E-state index contributed by atoms with van der Waals surface area (Å²) in [6.07, 6.45) is 10.7. The Balaban J connectivity index is 1.63. The van der Waals surface area contributed by atoms with Crippen LogP contribution < -0.4 is 19.0 Å². The molecule has 0 unspecified atom stereocenters. The van der Waals surface area contributed by atoms with E-state index in [0.29, 0.717) is 15.2 Å². The first-order valence-electron chi connectivity index (χ1n) is 29.4. The quantitative estimate of drug-likeness (QED) is 0.0146. The number of halogens is 6. The van der Waals surface area contributed by atoms with Crippen LogP contribution in [0.3, 0.4) is 0 Å². The van der Waals surface area contributed by atoms with Crippen molar-refractivity contribution in [1.29, 1.82) is 0 Å². The number of nitrogens with zero attached hydrogens (tertiary/aromatic N) is 3. The number of nitrogens with one attached hydrogen (secondary N) is 1. The molecule has 1 heterocycles. The van der Waals surface area contributed by atoms with E-state index in [9.17, 15) is 30.0 Å². The topological polar surface area (TPSA) is 163 Å². The standard InChI is InChI=1S/C64H81F6N4O9S3/c1-12-17-25-46-29-23-30-47(26-18-13-2)59(46)73(44(8)9)50-35-37-52-55(41-50)83-56-42-51(74(45(10)11)60-48(27-19-14-3)31-24-32-49(60)28-20-15-4)36-38-53(56)58(52)54-33-21-22-34-57(54)84(76,77)71-85(78,79)63(67,68)62(65,66)64(69,70)86(80,81)72(16-5)39-40-82-61(75)43(6)7/h21-24,29-38,41-42,44-45,71H,6,12-20,25-28,39-40H2,1-5,7-11H3/q+1. The molecule has 1 aliphatic carbocycles. The van der Waals surface area contributed by atoms with Crippen LogP contribution in [0.15, 0.2) is 119 Å². The van der Waals surface area contributed by atoms with Gasteiger partial charge in [0.25, 0.3) is 30.1 Å². The number of hydrogen-bond acceptors (Lipinski definition) is 10. The van der Waals surface area contributed by atoms with Crippen LogP contribution in [0.2, 0.25) is 0 Å². The minimum absolute atomic E-state index is 0.0761. The lowest BCUT2D eigenvalue weighted by atomic mass is 9.93. The zero-order valence-corrected chi connectivity index (χ0v) is 53.2. The Morgan fingerprint density at radius 1 is 0.674 bits per heavy atom. The van der Waals surface area contributed by atoms with Crippen molar-refractivity contribution < 1.29 is 65.5 Å². The highest BCUT2D eigenvalue weighted by Crippen LogP contribution is 2.52. The summed E-state index contributed by atoms with van der Waals surface area (Å²) in [5, 5.41) is -13.1. The molecule has 86 heavy (non-hydrogen) atoms. The van der Waals surface area contributed by atoms with Crippen molar-refractivity contribution in [3.8, 4) is 22.5 Å². The second kappa shape index (κ2) is 28.4. The van der Waals surface area contributed by atoms with Gasteiger partial charge in [-0.05, 0) is 121 Å². The molecule has 470 valence electrons. The third kappa shape index (κ3) is 14.1. The summed E-state index contributed by atoms with van der Waals surface area (Å²) in [5.41, 5.74) is 7.29. The first-order valence-corrected chi connectivity index (χ1v) is 33.8. The molecule has 0 fully saturated rings. The largest absolute Gasteiger partial charge is 0.461 e. The number of benzene rings is 5. The number of unbranched alkanes of at least 4 members (excludes halogenated alkanes) is 4. The summed E-state index contributed by atoms with van der Waals surface area (Å²) in [6.45, 7) is 18.7. The van der Waals surface area contributed by atoms with Gasteiger partial charge in [0.1, 0.15) is 18.0 Å². The van der Waals surface area contributed by atoms with Gasteiger partial charge in [0.2, 0.25) is 11.0 Å². The van der Waals surface area contributed by atoms with Gasteiger partial charge >= 0.3 is 22.4 Å². The Morgan fingerprint density at radius 2 is 1.21 bits per heavy atom. The number of fused-ring (bicyclic) bond motifs is 2. The average molecular weight is 1260 g/mol. The maximum absolute atomic E-state index is 16.1. The van der Waals surface area contributed by atoms with Gasteiger partial charge in [-0.3, -0.25) is 0 Å². The minimum Gasteiger partial charge on any atom is -0.461 e. The van der Waals surface area contributed by atoms with E-state index in [-0.39, 0.29) is 51.1 Å². The number of esters is 1. The van der Waals surface area contributed by atoms with Crippen LogP contribution in [-0.2, 0) is 65.3 Å². The third-order valence-corrected chi connectivity index (χ3v) is 20.7. The molecule has 0 saturated heterocycles. The molecule has 0 bridgehead atoms. The van der Waals surface area contributed by atoms with Crippen molar-refractivity contribution in [3.05, 3.63) is 137 Å². The number of hydrogen-bond donors (Lipinski definition) is 1. The van der Waals surface area contributed by atoms with E-state index >= 15 is 26.3 Å². The number of carbonyl (C=O) groups excluding carboxylic acids is 1. The summed E-state index contributed by atoms with van der Waals surface area (Å²) in [5.74, 6) is -8.27. The number of likely N-dealkylation sites (N-methyl/N-ethyl adjacent to an activating group) is 1. The number of anilines is 2. The first-order chi connectivity index (χ1) is 40.4. The van der Waals surface area contributed by atoms with E-state index < -0.39 is 81.4 Å². The maximum atomic E-state index is 16.1. The van der Waals surface area contributed by atoms with E-state index in [0.717, 1.165) is 130 Å². The molecule has 0 atom stereocenters. The lowest BCUT2D eigenvalue weighted by molar-refractivity contribution is -0.245. The predicted molar refractivity (Wildman–Crippen MR) is 329 cm³/mol. The highest BCUT2D eigenvalue weighted by molar-refractivity contribution is 8.05. The summed E-state index contributed by atoms with van der Waals surface area (Å²) in [6, 6.07) is 27.5. The zero-order chi connectivity index (χ0) is 63.7. The van der Waals surface area contributed by atoms with E-state index in [1.807, 2.05) is 12.1 Å². The minimum atomic E-state index is -7.55. The van der Waals surface area contributed by atoms with Crippen molar-refractivity contribution in [1.82, 2.24) is 13.0 Å². The summed E-state index contributed by atoms with van der Waals surface area (Å²) in [7, 11) is -20.5. The van der Waals surface area contributed by atoms with Crippen molar-refractivity contribution >= 4 is 64.1 Å².